The maximum atomic E-state index is 10.0. The number of allylic oxidation sites excluding steroid dienone is 1. The predicted molar refractivity (Wildman–Crippen MR) is 54.7 cm³/mol. The van der Waals surface area contributed by atoms with E-state index in [0.29, 0.717) is 0 Å². The van der Waals surface area contributed by atoms with Gasteiger partial charge in [-0.15, -0.1) is 0 Å². The largest absolute Gasteiger partial charge is 0.631 e. The van der Waals surface area contributed by atoms with Crippen molar-refractivity contribution in [2.75, 3.05) is 0 Å². The zero-order chi connectivity index (χ0) is 9.52. The monoisotopic (exact) mass is 175 g/mol. The number of hydrogen-bond acceptors (Lipinski definition) is 1. The standard InChI is InChI=1S/C11H13NO/c1-2-10-6-3-4-7-11(10)8-5-9-12-13/h2-7,9H,1,8,12H2/b9-5+. The Morgan fingerprint density at radius 3 is 2.85 bits per heavy atom. The SMILES string of the molecule is C=Cc1ccccc1C/C=C/[NH2+][O-]. The molecule has 2 nitrogen and oxygen atoms in total. The average Bonchev–Trinajstić information content (AvgIpc) is 2.19. The first kappa shape index (κ1) is 9.71. The van der Waals surface area contributed by atoms with E-state index < -0.39 is 0 Å². The summed E-state index contributed by atoms with van der Waals surface area (Å²) in [6.07, 6.45) is 5.96. The number of quaternary nitrogens is 1. The summed E-state index contributed by atoms with van der Waals surface area (Å²) in [4.78, 5) is 0. The van der Waals surface area contributed by atoms with Crippen LogP contribution in [0, 0.1) is 5.21 Å². The molecule has 68 valence electrons. The third kappa shape index (κ3) is 2.86. The molecule has 2 heteroatoms. The van der Waals surface area contributed by atoms with E-state index in [0.717, 1.165) is 17.5 Å². The highest BCUT2D eigenvalue weighted by atomic mass is 16.5. The van der Waals surface area contributed by atoms with Crippen LogP contribution in [0.3, 0.4) is 0 Å². The lowest BCUT2D eigenvalue weighted by Gasteiger charge is -2.01. The van der Waals surface area contributed by atoms with E-state index in [1.807, 2.05) is 36.4 Å². The van der Waals surface area contributed by atoms with E-state index in [-0.39, 0.29) is 0 Å². The van der Waals surface area contributed by atoms with Gasteiger partial charge in [0.2, 0.25) is 0 Å². The molecule has 1 rings (SSSR count). The molecule has 0 aliphatic heterocycles. The van der Waals surface area contributed by atoms with Crippen molar-refractivity contribution in [1.29, 1.82) is 0 Å². The summed E-state index contributed by atoms with van der Waals surface area (Å²) in [5.74, 6) is 0. The fourth-order valence-corrected chi connectivity index (χ4v) is 1.17. The Labute approximate surface area is 78.2 Å². The summed E-state index contributed by atoms with van der Waals surface area (Å²) < 4.78 is 0. The van der Waals surface area contributed by atoms with Crippen LogP contribution in [-0.4, -0.2) is 0 Å². The third-order valence-electron chi connectivity index (χ3n) is 1.83. The summed E-state index contributed by atoms with van der Waals surface area (Å²) in [6.45, 7) is 3.73. The summed E-state index contributed by atoms with van der Waals surface area (Å²) in [7, 11) is 0. The van der Waals surface area contributed by atoms with Crippen molar-refractivity contribution >= 4 is 6.08 Å². The van der Waals surface area contributed by atoms with Gasteiger partial charge in [-0.1, -0.05) is 36.9 Å². The highest BCUT2D eigenvalue weighted by molar-refractivity contribution is 5.52. The summed E-state index contributed by atoms with van der Waals surface area (Å²) in [5, 5.41) is 10.0. The second-order valence-electron chi connectivity index (χ2n) is 2.67. The van der Waals surface area contributed by atoms with Gasteiger partial charge in [-0.05, 0) is 23.6 Å². The van der Waals surface area contributed by atoms with E-state index in [1.54, 1.807) is 0 Å². The van der Waals surface area contributed by atoms with Gasteiger partial charge in [-0.2, -0.15) is 0 Å². The van der Waals surface area contributed by atoms with Gasteiger partial charge >= 0.3 is 0 Å². The Hall–Kier alpha value is -1.38. The molecule has 0 amide bonds. The molecule has 0 aliphatic carbocycles. The van der Waals surface area contributed by atoms with E-state index in [2.05, 4.69) is 6.58 Å². The van der Waals surface area contributed by atoms with Crippen molar-refractivity contribution in [3.05, 3.63) is 59.5 Å². The van der Waals surface area contributed by atoms with Gasteiger partial charge in [0.15, 0.2) is 0 Å². The lowest BCUT2D eigenvalue weighted by molar-refractivity contribution is -0.514. The molecule has 0 fully saturated rings. The van der Waals surface area contributed by atoms with Gasteiger partial charge in [-0.3, -0.25) is 0 Å². The molecule has 0 radical (unpaired) electrons. The number of hydroxylamine groups is 1. The molecule has 0 spiro atoms. The number of benzene rings is 1. The van der Waals surface area contributed by atoms with Crippen LogP contribution in [-0.2, 0) is 6.42 Å². The quantitative estimate of drug-likeness (QED) is 0.691. The first-order chi connectivity index (χ1) is 6.38. The number of rotatable bonds is 4. The molecule has 1 aromatic rings. The molecule has 0 bridgehead atoms. The second-order valence-corrected chi connectivity index (χ2v) is 2.67. The number of nitrogens with two attached hydrogens (primary N) is 1. The normalized spacial score (nSPS) is 10.5. The highest BCUT2D eigenvalue weighted by Gasteiger charge is 1.94. The zero-order valence-corrected chi connectivity index (χ0v) is 7.44. The van der Waals surface area contributed by atoms with Crippen LogP contribution < -0.4 is 5.48 Å². The molecule has 0 atom stereocenters. The van der Waals surface area contributed by atoms with Crippen LogP contribution in [0.15, 0.2) is 43.1 Å². The van der Waals surface area contributed by atoms with Gasteiger partial charge < -0.3 is 10.7 Å². The molecule has 0 saturated heterocycles. The minimum Gasteiger partial charge on any atom is -0.631 e. The summed E-state index contributed by atoms with van der Waals surface area (Å²) in [5.41, 5.74) is 3.10. The van der Waals surface area contributed by atoms with Crippen LogP contribution in [0.25, 0.3) is 6.08 Å². The Kier molecular flexibility index (Phi) is 3.96. The van der Waals surface area contributed by atoms with Crippen LogP contribution in [0.1, 0.15) is 11.1 Å². The van der Waals surface area contributed by atoms with Crippen LogP contribution in [0.2, 0.25) is 0 Å². The minimum atomic E-state index is 0.779. The third-order valence-corrected chi connectivity index (χ3v) is 1.83. The van der Waals surface area contributed by atoms with Gasteiger partial charge in [0.05, 0.1) is 6.20 Å². The van der Waals surface area contributed by atoms with Gasteiger partial charge in [-0.25, -0.2) is 0 Å². The molecule has 0 aliphatic rings. The van der Waals surface area contributed by atoms with Crippen LogP contribution >= 0.6 is 0 Å². The van der Waals surface area contributed by atoms with Crippen LogP contribution in [0.5, 0.6) is 0 Å². The van der Waals surface area contributed by atoms with E-state index in [1.165, 1.54) is 11.8 Å². The molecule has 2 N–H and O–H groups in total. The Morgan fingerprint density at radius 2 is 2.15 bits per heavy atom. The average molecular weight is 175 g/mol. The van der Waals surface area contributed by atoms with E-state index >= 15 is 0 Å². The van der Waals surface area contributed by atoms with E-state index in [9.17, 15) is 5.21 Å². The Bertz CT molecular complexity index is 305. The lowest BCUT2D eigenvalue weighted by Crippen LogP contribution is -2.69. The molecular formula is C11H13NO. The maximum Gasteiger partial charge on any atom is 0.0888 e. The van der Waals surface area contributed by atoms with Gasteiger partial charge in [0, 0.05) is 0 Å². The molecule has 0 saturated carbocycles. The fourth-order valence-electron chi connectivity index (χ4n) is 1.17. The van der Waals surface area contributed by atoms with Crippen molar-refractivity contribution in [3.63, 3.8) is 0 Å². The smallest absolute Gasteiger partial charge is 0.0888 e. The maximum absolute atomic E-state index is 10.0. The van der Waals surface area contributed by atoms with Crippen LogP contribution in [0.4, 0.5) is 0 Å². The van der Waals surface area contributed by atoms with Gasteiger partial charge in [0.1, 0.15) is 0 Å². The van der Waals surface area contributed by atoms with Crippen molar-refractivity contribution in [2.45, 2.75) is 6.42 Å². The molecule has 1 aromatic carbocycles. The Morgan fingerprint density at radius 1 is 1.38 bits per heavy atom. The highest BCUT2D eigenvalue weighted by Crippen LogP contribution is 2.10. The van der Waals surface area contributed by atoms with Crippen molar-refractivity contribution in [3.8, 4) is 0 Å². The molecule has 13 heavy (non-hydrogen) atoms. The summed E-state index contributed by atoms with van der Waals surface area (Å²) >= 11 is 0. The lowest BCUT2D eigenvalue weighted by atomic mass is 10.0. The first-order valence-electron chi connectivity index (χ1n) is 4.19. The molecule has 0 unspecified atom stereocenters. The van der Waals surface area contributed by atoms with E-state index in [4.69, 9.17) is 0 Å². The molecule has 0 heterocycles. The van der Waals surface area contributed by atoms with Crippen molar-refractivity contribution in [2.24, 2.45) is 0 Å². The number of hydrogen-bond donors (Lipinski definition) is 1. The van der Waals surface area contributed by atoms with Gasteiger partial charge in [0.25, 0.3) is 0 Å². The Balaban J connectivity index is 2.75. The predicted octanol–water partition coefficient (Wildman–Crippen LogP) is 1.45. The second kappa shape index (κ2) is 5.30. The topological polar surface area (TPSA) is 39.7 Å². The first-order valence-corrected chi connectivity index (χ1v) is 4.19. The van der Waals surface area contributed by atoms with Crippen molar-refractivity contribution < 1.29 is 5.48 Å². The fraction of sp³-hybridized carbons (Fsp3) is 0.0909. The minimum absolute atomic E-state index is 0.779. The zero-order valence-electron chi connectivity index (χ0n) is 7.44. The molecular weight excluding hydrogens is 162 g/mol. The summed E-state index contributed by atoms with van der Waals surface area (Å²) in [6, 6.07) is 8.00. The van der Waals surface area contributed by atoms with Crippen molar-refractivity contribution in [1.82, 2.24) is 0 Å². The molecule has 0 aromatic heterocycles.